The van der Waals surface area contributed by atoms with Crippen LogP contribution >= 0.6 is 11.3 Å². The van der Waals surface area contributed by atoms with Gasteiger partial charge < -0.3 is 16.4 Å². The minimum Gasteiger partial charge on any atom is -0.396 e. The van der Waals surface area contributed by atoms with E-state index in [0.717, 1.165) is 17.8 Å². The first-order chi connectivity index (χ1) is 9.78. The van der Waals surface area contributed by atoms with Crippen LogP contribution in [0.1, 0.15) is 43.8 Å². The molecule has 0 aliphatic rings. The third kappa shape index (κ3) is 3.88. The van der Waals surface area contributed by atoms with Crippen molar-refractivity contribution in [3.05, 3.63) is 4.88 Å². The van der Waals surface area contributed by atoms with Crippen LogP contribution in [0.5, 0.6) is 0 Å². The van der Waals surface area contributed by atoms with Crippen LogP contribution in [0.4, 0.5) is 10.7 Å². The molecule has 1 atom stereocenters. The maximum atomic E-state index is 12.3. The van der Waals surface area contributed by atoms with E-state index < -0.39 is 9.84 Å². The summed E-state index contributed by atoms with van der Waals surface area (Å²) in [5.74, 6) is -0.400. The molecule has 0 aliphatic heterocycles. The third-order valence-electron chi connectivity index (χ3n) is 3.12. The molecule has 1 aromatic heterocycles. The molecule has 1 aromatic rings. The molecule has 1 amide bonds. The Bertz CT molecular complexity index is 608. The number of hydrogen-bond donors (Lipinski definition) is 3. The summed E-state index contributed by atoms with van der Waals surface area (Å²) in [6.07, 6.45) is 0.833. The number of carbonyl (C=O) groups excluding carboxylic acids is 1. The molecule has 21 heavy (non-hydrogen) atoms. The molecule has 0 fully saturated rings. The van der Waals surface area contributed by atoms with E-state index in [1.807, 2.05) is 13.8 Å². The van der Waals surface area contributed by atoms with Crippen molar-refractivity contribution in [1.29, 1.82) is 0 Å². The number of nitrogens with one attached hydrogen (secondary N) is 2. The molecule has 8 heteroatoms. The van der Waals surface area contributed by atoms with Crippen LogP contribution in [-0.4, -0.2) is 32.7 Å². The fourth-order valence-electron chi connectivity index (χ4n) is 1.71. The lowest BCUT2D eigenvalue weighted by molar-refractivity contribution is 0.0960. The number of nitrogens with two attached hydrogens (primary N) is 1. The van der Waals surface area contributed by atoms with E-state index in [-0.39, 0.29) is 33.2 Å². The zero-order chi connectivity index (χ0) is 16.2. The van der Waals surface area contributed by atoms with Gasteiger partial charge in [0.2, 0.25) is 0 Å². The fraction of sp³-hybridized carbons (Fsp3) is 0.615. The summed E-state index contributed by atoms with van der Waals surface area (Å²) in [5.41, 5.74) is 5.98. The molecule has 1 heterocycles. The first-order valence-electron chi connectivity index (χ1n) is 6.98. The largest absolute Gasteiger partial charge is 0.396 e. The van der Waals surface area contributed by atoms with Crippen LogP contribution in [0.2, 0.25) is 0 Å². The molecule has 120 valence electrons. The summed E-state index contributed by atoms with van der Waals surface area (Å²) in [6, 6.07) is 0.0935. The highest BCUT2D eigenvalue weighted by molar-refractivity contribution is 7.91. The van der Waals surface area contributed by atoms with Gasteiger partial charge in [0.25, 0.3) is 5.91 Å². The van der Waals surface area contributed by atoms with Crippen LogP contribution in [0.3, 0.4) is 0 Å². The summed E-state index contributed by atoms with van der Waals surface area (Å²) in [7, 11) is -3.50. The van der Waals surface area contributed by atoms with Crippen molar-refractivity contribution in [3.8, 4) is 0 Å². The monoisotopic (exact) mass is 333 g/mol. The van der Waals surface area contributed by atoms with Crippen LogP contribution < -0.4 is 16.4 Å². The van der Waals surface area contributed by atoms with Crippen molar-refractivity contribution in [2.24, 2.45) is 0 Å². The highest BCUT2D eigenvalue weighted by atomic mass is 32.2. The van der Waals surface area contributed by atoms with Crippen molar-refractivity contribution < 1.29 is 13.2 Å². The molecule has 0 bridgehead atoms. The zero-order valence-corrected chi connectivity index (χ0v) is 14.5. The maximum absolute atomic E-state index is 12.3. The van der Waals surface area contributed by atoms with Crippen molar-refractivity contribution in [2.75, 3.05) is 23.3 Å². The van der Waals surface area contributed by atoms with Gasteiger partial charge in [-0.05, 0) is 20.3 Å². The van der Waals surface area contributed by atoms with E-state index in [9.17, 15) is 13.2 Å². The molecule has 0 saturated carbocycles. The number of nitrogen functional groups attached to an aromatic ring is 1. The van der Waals surface area contributed by atoms with E-state index in [1.165, 1.54) is 0 Å². The summed E-state index contributed by atoms with van der Waals surface area (Å²) >= 11 is 1.09. The molecule has 0 saturated heterocycles. The van der Waals surface area contributed by atoms with Gasteiger partial charge in [-0.1, -0.05) is 13.8 Å². The van der Waals surface area contributed by atoms with E-state index in [4.69, 9.17) is 5.73 Å². The summed E-state index contributed by atoms with van der Waals surface area (Å²) in [6.45, 7) is 7.76. The fourth-order valence-corrected chi connectivity index (χ4v) is 4.39. The molecule has 0 aliphatic carbocycles. The average Bonchev–Trinajstić information content (AvgIpc) is 2.76. The summed E-state index contributed by atoms with van der Waals surface area (Å²) in [4.78, 5) is 12.3. The molecule has 0 radical (unpaired) electrons. The van der Waals surface area contributed by atoms with Crippen molar-refractivity contribution in [3.63, 3.8) is 0 Å². The number of carbonyl (C=O) groups is 1. The van der Waals surface area contributed by atoms with E-state index in [2.05, 4.69) is 10.6 Å². The lowest BCUT2D eigenvalue weighted by Gasteiger charge is -2.13. The van der Waals surface area contributed by atoms with Crippen molar-refractivity contribution >= 4 is 37.8 Å². The van der Waals surface area contributed by atoms with Crippen LogP contribution in [-0.2, 0) is 9.84 Å². The molecule has 4 N–H and O–H groups in total. The molecule has 0 aromatic carbocycles. The number of thiophene rings is 1. The molecular weight excluding hydrogens is 310 g/mol. The summed E-state index contributed by atoms with van der Waals surface area (Å²) in [5, 5.41) is 6.24. The Kier molecular flexibility index (Phi) is 6.03. The van der Waals surface area contributed by atoms with Gasteiger partial charge in [-0.25, -0.2) is 8.42 Å². The Labute approximate surface area is 130 Å². The third-order valence-corrected chi connectivity index (χ3v) is 6.19. The van der Waals surface area contributed by atoms with E-state index in [0.29, 0.717) is 11.5 Å². The van der Waals surface area contributed by atoms with E-state index >= 15 is 0 Å². The molecule has 1 rings (SSSR count). The zero-order valence-electron chi connectivity index (χ0n) is 12.8. The number of sulfone groups is 1. The van der Waals surface area contributed by atoms with Gasteiger partial charge in [-0.3, -0.25) is 4.79 Å². The minimum atomic E-state index is -3.50. The predicted octanol–water partition coefficient (Wildman–Crippen LogP) is 2.08. The lowest BCUT2D eigenvalue weighted by Crippen LogP contribution is -2.22. The van der Waals surface area contributed by atoms with Gasteiger partial charge in [0.05, 0.1) is 11.4 Å². The minimum absolute atomic E-state index is 0.0404. The number of anilines is 2. The molecular formula is C13H23N3O3S2. The average molecular weight is 333 g/mol. The van der Waals surface area contributed by atoms with Gasteiger partial charge in [0.1, 0.15) is 14.8 Å². The predicted molar refractivity (Wildman–Crippen MR) is 87.8 cm³/mol. The molecule has 1 unspecified atom stereocenters. The Morgan fingerprint density at radius 1 is 1.33 bits per heavy atom. The van der Waals surface area contributed by atoms with Gasteiger partial charge >= 0.3 is 0 Å². The smallest absolute Gasteiger partial charge is 0.263 e. The van der Waals surface area contributed by atoms with Crippen molar-refractivity contribution in [2.45, 2.75) is 45.1 Å². The van der Waals surface area contributed by atoms with Crippen LogP contribution in [0, 0.1) is 0 Å². The van der Waals surface area contributed by atoms with Crippen LogP contribution in [0.25, 0.3) is 0 Å². The Hall–Kier alpha value is -1.28. The lowest BCUT2D eigenvalue weighted by atomic mass is 10.2. The number of rotatable bonds is 7. The summed E-state index contributed by atoms with van der Waals surface area (Å²) < 4.78 is 24.5. The first-order valence-corrected chi connectivity index (χ1v) is 9.45. The van der Waals surface area contributed by atoms with E-state index in [1.54, 1.807) is 13.8 Å². The second-order valence-corrected chi connectivity index (χ2v) is 7.96. The molecule has 6 nitrogen and oxygen atoms in total. The SMILES string of the molecule is CCNC(=O)c1sc(NC(C)CC)c(S(=O)(=O)CC)c1N. The standard InChI is InChI=1S/C13H23N3O3S2/c1-5-8(4)16-13-11(21(18,19)7-3)9(14)10(20-13)12(17)15-6-2/h8,16H,5-7,14H2,1-4H3,(H,15,17). The van der Waals surface area contributed by atoms with Gasteiger partial charge in [0.15, 0.2) is 9.84 Å². The molecule has 0 spiro atoms. The topological polar surface area (TPSA) is 101 Å². The normalized spacial score (nSPS) is 13.0. The number of amides is 1. The van der Waals surface area contributed by atoms with Crippen molar-refractivity contribution in [1.82, 2.24) is 5.32 Å². The second-order valence-electron chi connectivity index (χ2n) is 4.72. The first kappa shape index (κ1) is 17.8. The van der Waals surface area contributed by atoms with Crippen LogP contribution in [0.15, 0.2) is 4.90 Å². The Morgan fingerprint density at radius 3 is 2.43 bits per heavy atom. The highest BCUT2D eigenvalue weighted by Gasteiger charge is 2.29. The Morgan fingerprint density at radius 2 is 1.95 bits per heavy atom. The highest BCUT2D eigenvalue weighted by Crippen LogP contribution is 2.40. The van der Waals surface area contributed by atoms with Gasteiger partial charge in [-0.15, -0.1) is 11.3 Å². The Balaban J connectivity index is 3.40. The second kappa shape index (κ2) is 7.13. The van der Waals surface area contributed by atoms with Gasteiger partial charge in [0, 0.05) is 12.6 Å². The number of hydrogen-bond acceptors (Lipinski definition) is 6. The maximum Gasteiger partial charge on any atom is 0.263 e. The van der Waals surface area contributed by atoms with Gasteiger partial charge in [-0.2, -0.15) is 0 Å². The quantitative estimate of drug-likeness (QED) is 0.709.